The molecule has 3 aliphatic rings. The summed E-state index contributed by atoms with van der Waals surface area (Å²) >= 11 is 7.60. The molecule has 3 atom stereocenters. The standard InChI is InChI=1S/C37H34ClF7N6O4S/c1-16(31(44)45)21-14-53-29-25-28(47-34(48-32(25)51(21)13-22(41)42)54-15-37-8-5-9-50(37)12-17(39)10-37)27(43)24(26(29)38)18-6-7-20(40)30-23(18)19(11-46)33(56-30)49-35(52)55-36(2,3)4/h6-7,17,21-22,31H,1,5,8-10,12-15H2,2-4H3,(H,49,52)/t17-,21-,37+/m1/s1. The Balaban J connectivity index is 1.46. The molecule has 0 spiro atoms. The Morgan fingerprint density at radius 2 is 1.98 bits per heavy atom. The van der Waals surface area contributed by atoms with Gasteiger partial charge in [0.25, 0.3) is 12.9 Å². The molecular formula is C37H34ClF7N6O4S. The van der Waals surface area contributed by atoms with Crippen molar-refractivity contribution in [1.82, 2.24) is 14.9 Å². The highest BCUT2D eigenvalue weighted by molar-refractivity contribution is 7.23. The number of carbonyl (C=O) groups is 1. The van der Waals surface area contributed by atoms with E-state index in [1.165, 1.54) is 0 Å². The van der Waals surface area contributed by atoms with E-state index in [-0.39, 0.29) is 56.9 Å². The van der Waals surface area contributed by atoms with Crippen LogP contribution in [0.1, 0.15) is 45.6 Å². The van der Waals surface area contributed by atoms with Crippen molar-refractivity contribution in [2.75, 3.05) is 43.1 Å². The summed E-state index contributed by atoms with van der Waals surface area (Å²) in [5.41, 5.74) is -3.94. The predicted octanol–water partition coefficient (Wildman–Crippen LogP) is 9.27. The van der Waals surface area contributed by atoms with Crippen LogP contribution in [0.5, 0.6) is 11.8 Å². The van der Waals surface area contributed by atoms with Crippen LogP contribution in [-0.2, 0) is 4.74 Å². The Morgan fingerprint density at radius 3 is 2.66 bits per heavy atom. The zero-order valence-electron chi connectivity index (χ0n) is 30.1. The Morgan fingerprint density at radius 1 is 1.23 bits per heavy atom. The Labute approximate surface area is 324 Å². The molecule has 2 aromatic carbocycles. The minimum absolute atomic E-state index is 0.117. The van der Waals surface area contributed by atoms with Gasteiger partial charge in [-0.15, -0.1) is 11.3 Å². The molecule has 0 saturated carbocycles. The van der Waals surface area contributed by atoms with Crippen LogP contribution in [0.15, 0.2) is 24.3 Å². The third-order valence-electron chi connectivity index (χ3n) is 10.0. The first kappa shape index (κ1) is 39.6. The van der Waals surface area contributed by atoms with Gasteiger partial charge in [0.05, 0.1) is 38.8 Å². The topological polar surface area (TPSA) is 113 Å². The summed E-state index contributed by atoms with van der Waals surface area (Å²) < 4.78 is 121. The minimum Gasteiger partial charge on any atom is -0.489 e. The largest absolute Gasteiger partial charge is 0.489 e. The molecule has 1 N–H and O–H groups in total. The molecular weight excluding hydrogens is 793 g/mol. The summed E-state index contributed by atoms with van der Waals surface area (Å²) in [6.07, 6.45) is -6.91. The SMILES string of the molecule is C=C(C(F)F)[C@H]1COc2c(Cl)c(-c3ccc(F)c4sc(NC(=O)OC(C)(C)C)c(C#N)c34)c(F)c3nc(OC[C@@]45CCCN4C[C@H](F)C5)nc(c23)N1CC(F)F. The lowest BCUT2D eigenvalue weighted by molar-refractivity contribution is 0.0636. The van der Waals surface area contributed by atoms with E-state index in [1.54, 1.807) is 20.8 Å². The van der Waals surface area contributed by atoms with E-state index >= 15 is 8.78 Å². The maximum Gasteiger partial charge on any atom is 0.412 e. The van der Waals surface area contributed by atoms with Crippen LogP contribution in [0.4, 0.5) is 46.3 Å². The molecule has 4 aromatic rings. The quantitative estimate of drug-likeness (QED) is 0.130. The fourth-order valence-corrected chi connectivity index (χ4v) is 9.11. The van der Waals surface area contributed by atoms with Gasteiger partial charge in [0, 0.05) is 29.5 Å². The Kier molecular flexibility index (Phi) is 10.4. The summed E-state index contributed by atoms with van der Waals surface area (Å²) in [4.78, 5) is 24.1. The monoisotopic (exact) mass is 826 g/mol. The van der Waals surface area contributed by atoms with Crippen molar-refractivity contribution in [2.45, 2.75) is 76.2 Å². The lowest BCUT2D eigenvalue weighted by atomic mass is 9.95. The van der Waals surface area contributed by atoms with E-state index in [9.17, 15) is 32.0 Å². The first-order valence-corrected chi connectivity index (χ1v) is 18.7. The van der Waals surface area contributed by atoms with E-state index in [1.807, 2.05) is 11.0 Å². The molecule has 56 heavy (non-hydrogen) atoms. The molecule has 0 bridgehead atoms. The summed E-state index contributed by atoms with van der Waals surface area (Å²) in [5, 5.41) is 11.6. The van der Waals surface area contributed by atoms with Crippen molar-refractivity contribution < 1.29 is 49.7 Å². The second-order valence-electron chi connectivity index (χ2n) is 14.8. The number of rotatable bonds is 9. The van der Waals surface area contributed by atoms with Crippen LogP contribution in [0.25, 0.3) is 32.1 Å². The van der Waals surface area contributed by atoms with Gasteiger partial charge in [-0.2, -0.15) is 15.2 Å². The van der Waals surface area contributed by atoms with Crippen LogP contribution in [0.3, 0.4) is 0 Å². The smallest absolute Gasteiger partial charge is 0.412 e. The van der Waals surface area contributed by atoms with Gasteiger partial charge >= 0.3 is 12.1 Å². The van der Waals surface area contributed by atoms with Gasteiger partial charge in [0.2, 0.25) is 0 Å². The highest BCUT2D eigenvalue weighted by Crippen LogP contribution is 2.52. The highest BCUT2D eigenvalue weighted by atomic mass is 35.5. The van der Waals surface area contributed by atoms with Crippen molar-refractivity contribution in [1.29, 1.82) is 5.26 Å². The molecule has 0 aliphatic carbocycles. The number of nitrogens with zero attached hydrogens (tertiary/aromatic N) is 5. The van der Waals surface area contributed by atoms with Gasteiger partial charge < -0.3 is 19.1 Å². The number of fused-ring (bicyclic) bond motifs is 2. The van der Waals surface area contributed by atoms with Crippen LogP contribution in [0, 0.1) is 23.0 Å². The lowest BCUT2D eigenvalue weighted by Crippen LogP contribution is -2.45. The van der Waals surface area contributed by atoms with Crippen LogP contribution in [0.2, 0.25) is 5.02 Å². The minimum atomic E-state index is -3.19. The zero-order chi connectivity index (χ0) is 40.4. The van der Waals surface area contributed by atoms with E-state index in [0.29, 0.717) is 24.3 Å². The van der Waals surface area contributed by atoms with Crippen LogP contribution in [-0.4, -0.2) is 90.0 Å². The molecule has 0 unspecified atom stereocenters. The van der Waals surface area contributed by atoms with Crippen LogP contribution >= 0.6 is 22.9 Å². The first-order chi connectivity index (χ1) is 26.4. The molecule has 3 aliphatic heterocycles. The number of hydrogen-bond acceptors (Lipinski definition) is 10. The van der Waals surface area contributed by atoms with Gasteiger partial charge in [-0.1, -0.05) is 24.2 Å². The molecule has 19 heteroatoms. The van der Waals surface area contributed by atoms with Crippen molar-refractivity contribution in [2.24, 2.45) is 0 Å². The van der Waals surface area contributed by atoms with Gasteiger partial charge in [0.1, 0.15) is 53.2 Å². The fourth-order valence-electron chi connectivity index (χ4n) is 7.71. The first-order valence-electron chi connectivity index (χ1n) is 17.5. The van der Waals surface area contributed by atoms with E-state index in [2.05, 4.69) is 21.9 Å². The van der Waals surface area contributed by atoms with Gasteiger partial charge in [0.15, 0.2) is 11.6 Å². The number of alkyl halides is 5. The van der Waals surface area contributed by atoms with Crippen LogP contribution < -0.4 is 19.7 Å². The summed E-state index contributed by atoms with van der Waals surface area (Å²) in [7, 11) is 0. The molecule has 7 rings (SSSR count). The number of hydrogen-bond donors (Lipinski definition) is 1. The maximum absolute atomic E-state index is 17.4. The number of nitriles is 1. The number of ether oxygens (including phenoxy) is 3. The third kappa shape index (κ3) is 7.02. The highest BCUT2D eigenvalue weighted by Gasteiger charge is 2.49. The molecule has 2 fully saturated rings. The van der Waals surface area contributed by atoms with E-state index < -0.39 is 101 Å². The summed E-state index contributed by atoms with van der Waals surface area (Å²) in [6, 6.07) is 1.91. The number of halogens is 8. The molecule has 2 saturated heterocycles. The zero-order valence-corrected chi connectivity index (χ0v) is 31.7. The normalized spacial score (nSPS) is 21.0. The van der Waals surface area contributed by atoms with Gasteiger partial charge in [-0.25, -0.2) is 35.5 Å². The molecule has 5 heterocycles. The molecule has 0 radical (unpaired) electrons. The van der Waals surface area contributed by atoms with E-state index in [4.69, 9.17) is 25.8 Å². The number of anilines is 2. The van der Waals surface area contributed by atoms with Crippen molar-refractivity contribution in [3.05, 3.63) is 46.5 Å². The summed E-state index contributed by atoms with van der Waals surface area (Å²) in [5.74, 6) is -2.87. The van der Waals surface area contributed by atoms with Gasteiger partial charge in [-0.05, 0) is 51.8 Å². The fraction of sp³-hybridized carbons (Fsp3) is 0.459. The number of benzene rings is 2. The summed E-state index contributed by atoms with van der Waals surface area (Å²) in [6.45, 7) is 7.01. The average Bonchev–Trinajstić information content (AvgIpc) is 3.74. The van der Waals surface area contributed by atoms with Crippen molar-refractivity contribution in [3.63, 3.8) is 0 Å². The third-order valence-corrected chi connectivity index (χ3v) is 11.5. The number of thiophene rings is 1. The average molecular weight is 827 g/mol. The maximum atomic E-state index is 17.4. The molecule has 10 nitrogen and oxygen atoms in total. The molecule has 298 valence electrons. The molecule has 2 aromatic heterocycles. The predicted molar refractivity (Wildman–Crippen MR) is 196 cm³/mol. The van der Waals surface area contributed by atoms with E-state index in [0.717, 1.165) is 23.5 Å². The van der Waals surface area contributed by atoms with Crippen molar-refractivity contribution in [3.8, 4) is 29.0 Å². The number of carbonyl (C=O) groups excluding carboxylic acids is 1. The second-order valence-corrected chi connectivity index (χ2v) is 16.2. The lowest BCUT2D eigenvalue weighted by Gasteiger charge is -2.32. The Bertz CT molecular complexity index is 2300. The molecule has 1 amide bonds. The second kappa shape index (κ2) is 14.7. The Hall–Kier alpha value is -4.60. The number of aromatic nitrogens is 2. The van der Waals surface area contributed by atoms with Crippen molar-refractivity contribution >= 4 is 60.8 Å². The number of nitrogens with one attached hydrogen (secondary N) is 1. The van der Waals surface area contributed by atoms with Gasteiger partial charge in [-0.3, -0.25) is 10.2 Å². The number of amides is 1.